The van der Waals surface area contributed by atoms with E-state index in [1.807, 2.05) is 7.11 Å². The Bertz CT molecular complexity index is 626. The topological polar surface area (TPSA) is 71.0 Å². The molecular formula is C28H50N2O4. The zero-order valence-electron chi connectivity index (χ0n) is 21.8. The zero-order valence-corrected chi connectivity index (χ0v) is 21.8. The number of hydrogen-bond acceptors (Lipinski definition) is 5. The lowest BCUT2D eigenvalue weighted by Gasteiger charge is -2.45. The lowest BCUT2D eigenvalue weighted by molar-refractivity contribution is -0.146. The van der Waals surface area contributed by atoms with Crippen molar-refractivity contribution in [1.82, 2.24) is 10.4 Å². The van der Waals surface area contributed by atoms with Gasteiger partial charge in [0.25, 0.3) is 0 Å². The highest BCUT2D eigenvalue weighted by Gasteiger charge is 2.43. The van der Waals surface area contributed by atoms with Crippen LogP contribution in [0, 0.1) is 35.5 Å². The summed E-state index contributed by atoms with van der Waals surface area (Å²) in [5.41, 5.74) is 0. The van der Waals surface area contributed by atoms with Gasteiger partial charge in [-0.05, 0) is 68.6 Å². The summed E-state index contributed by atoms with van der Waals surface area (Å²) in [5, 5.41) is 16.1. The van der Waals surface area contributed by atoms with Crippen LogP contribution in [0.3, 0.4) is 0 Å². The van der Waals surface area contributed by atoms with E-state index in [0.717, 1.165) is 57.8 Å². The molecule has 1 amide bonds. The number of aliphatic hydroxyl groups excluding tert-OH is 1. The molecule has 3 aliphatic carbocycles. The summed E-state index contributed by atoms with van der Waals surface area (Å²) in [4.78, 5) is 19.0. The lowest BCUT2D eigenvalue weighted by Crippen LogP contribution is -2.48. The number of hydrogen-bond donors (Lipinski definition) is 2. The first-order valence-corrected chi connectivity index (χ1v) is 14.4. The normalized spacial score (nSPS) is 38.1. The SMILES string of the molecule is CCC1CON(CC2CCCC(C3CCC(O)C(C(=O)NCCC4CCCCC4)C3)C2OC)C1. The highest BCUT2D eigenvalue weighted by molar-refractivity contribution is 5.79. The summed E-state index contributed by atoms with van der Waals surface area (Å²) in [6, 6.07) is 0. The molecule has 4 rings (SSSR count). The maximum Gasteiger partial charge on any atom is 0.225 e. The summed E-state index contributed by atoms with van der Waals surface area (Å²) in [6.45, 7) is 5.84. The van der Waals surface area contributed by atoms with E-state index in [-0.39, 0.29) is 17.9 Å². The Balaban J connectivity index is 1.29. The fraction of sp³-hybridized carbons (Fsp3) is 0.964. The number of hydroxylamine groups is 2. The summed E-state index contributed by atoms with van der Waals surface area (Å²) >= 11 is 0. The van der Waals surface area contributed by atoms with Crippen LogP contribution in [0.5, 0.6) is 0 Å². The van der Waals surface area contributed by atoms with Gasteiger partial charge >= 0.3 is 0 Å². The third-order valence-corrected chi connectivity index (χ3v) is 9.61. The molecule has 7 unspecified atom stereocenters. The van der Waals surface area contributed by atoms with Gasteiger partial charge in [0.2, 0.25) is 5.91 Å². The second-order valence-corrected chi connectivity index (χ2v) is 11.8. The second-order valence-electron chi connectivity index (χ2n) is 11.8. The van der Waals surface area contributed by atoms with Crippen LogP contribution in [0.25, 0.3) is 0 Å². The number of carbonyl (C=O) groups excluding carboxylic acids is 1. The molecule has 0 bridgehead atoms. The van der Waals surface area contributed by atoms with Gasteiger partial charge in [0.15, 0.2) is 0 Å². The van der Waals surface area contributed by atoms with E-state index in [1.165, 1.54) is 57.8 Å². The highest BCUT2D eigenvalue weighted by atomic mass is 16.7. The quantitative estimate of drug-likeness (QED) is 0.509. The number of carbonyl (C=O) groups is 1. The predicted molar refractivity (Wildman–Crippen MR) is 134 cm³/mol. The molecule has 0 radical (unpaired) electrons. The fourth-order valence-corrected chi connectivity index (χ4v) is 7.46. The molecule has 3 saturated carbocycles. The second kappa shape index (κ2) is 13.0. The van der Waals surface area contributed by atoms with Gasteiger partial charge in [-0.2, -0.15) is 5.06 Å². The van der Waals surface area contributed by atoms with E-state index in [0.29, 0.717) is 23.7 Å². The van der Waals surface area contributed by atoms with Crippen LogP contribution in [0.2, 0.25) is 0 Å². The van der Waals surface area contributed by atoms with Gasteiger partial charge in [0.05, 0.1) is 24.7 Å². The Morgan fingerprint density at radius 2 is 1.88 bits per heavy atom. The third-order valence-electron chi connectivity index (χ3n) is 9.61. The van der Waals surface area contributed by atoms with Gasteiger partial charge in [0, 0.05) is 32.7 Å². The molecule has 1 saturated heterocycles. The predicted octanol–water partition coefficient (Wildman–Crippen LogP) is 4.55. The van der Waals surface area contributed by atoms with Crippen molar-refractivity contribution in [2.75, 3.05) is 33.4 Å². The van der Waals surface area contributed by atoms with E-state index >= 15 is 0 Å². The summed E-state index contributed by atoms with van der Waals surface area (Å²) in [5.74, 6) is 2.63. The molecule has 6 nitrogen and oxygen atoms in total. The molecular weight excluding hydrogens is 428 g/mol. The van der Waals surface area contributed by atoms with Gasteiger partial charge < -0.3 is 15.2 Å². The molecule has 0 aromatic rings. The average Bonchev–Trinajstić information content (AvgIpc) is 3.32. The van der Waals surface area contributed by atoms with Crippen LogP contribution in [0.1, 0.15) is 90.4 Å². The van der Waals surface area contributed by atoms with Crippen molar-refractivity contribution in [2.24, 2.45) is 35.5 Å². The summed E-state index contributed by atoms with van der Waals surface area (Å²) in [6.07, 6.45) is 14.8. The molecule has 0 aromatic heterocycles. The smallest absolute Gasteiger partial charge is 0.225 e. The molecule has 6 heteroatoms. The van der Waals surface area contributed by atoms with Gasteiger partial charge in [-0.1, -0.05) is 45.4 Å². The molecule has 7 atom stereocenters. The third kappa shape index (κ3) is 6.74. The number of ether oxygens (including phenoxy) is 1. The standard InChI is InChI=1S/C28H50N2O4/c1-3-20-17-30(34-19-20)18-23-10-7-11-24(27(23)33-2)22-12-13-26(31)25(16-22)28(32)29-15-14-21-8-5-4-6-9-21/h20-27,31H,3-19H2,1-2H3,(H,29,32). The largest absolute Gasteiger partial charge is 0.392 e. The van der Waals surface area contributed by atoms with Crippen LogP contribution < -0.4 is 5.32 Å². The van der Waals surface area contributed by atoms with Gasteiger partial charge in [0.1, 0.15) is 0 Å². The molecule has 4 fully saturated rings. The molecule has 34 heavy (non-hydrogen) atoms. The summed E-state index contributed by atoms with van der Waals surface area (Å²) < 4.78 is 6.14. The molecule has 0 spiro atoms. The number of nitrogens with zero attached hydrogens (tertiary/aromatic N) is 1. The minimum Gasteiger partial charge on any atom is -0.392 e. The number of nitrogens with one attached hydrogen (secondary N) is 1. The van der Waals surface area contributed by atoms with E-state index in [4.69, 9.17) is 9.57 Å². The average molecular weight is 479 g/mol. The van der Waals surface area contributed by atoms with Crippen molar-refractivity contribution in [1.29, 1.82) is 0 Å². The zero-order chi connectivity index (χ0) is 23.9. The van der Waals surface area contributed by atoms with Gasteiger partial charge in [-0.25, -0.2) is 0 Å². The Labute approximate surface area is 207 Å². The first-order valence-electron chi connectivity index (χ1n) is 14.4. The number of amides is 1. The molecule has 4 aliphatic rings. The maximum absolute atomic E-state index is 13.1. The molecule has 2 N–H and O–H groups in total. The Hall–Kier alpha value is -0.690. The van der Waals surface area contributed by atoms with Crippen LogP contribution in [-0.4, -0.2) is 61.6 Å². The Kier molecular flexibility index (Phi) is 10.1. The van der Waals surface area contributed by atoms with Gasteiger partial charge in [-0.15, -0.1) is 0 Å². The fourth-order valence-electron chi connectivity index (χ4n) is 7.46. The molecule has 0 aromatic carbocycles. The van der Waals surface area contributed by atoms with Crippen molar-refractivity contribution in [3.8, 4) is 0 Å². The van der Waals surface area contributed by atoms with Crippen LogP contribution >= 0.6 is 0 Å². The Morgan fingerprint density at radius 1 is 1.06 bits per heavy atom. The minimum absolute atomic E-state index is 0.0745. The lowest BCUT2D eigenvalue weighted by atomic mass is 9.65. The van der Waals surface area contributed by atoms with Crippen molar-refractivity contribution in [3.05, 3.63) is 0 Å². The van der Waals surface area contributed by atoms with Crippen LogP contribution in [0.4, 0.5) is 0 Å². The van der Waals surface area contributed by atoms with Crippen molar-refractivity contribution >= 4 is 5.91 Å². The van der Waals surface area contributed by atoms with E-state index in [2.05, 4.69) is 17.3 Å². The highest BCUT2D eigenvalue weighted by Crippen LogP contribution is 2.44. The summed E-state index contributed by atoms with van der Waals surface area (Å²) in [7, 11) is 1.86. The molecule has 196 valence electrons. The minimum atomic E-state index is -0.504. The van der Waals surface area contributed by atoms with E-state index in [9.17, 15) is 9.90 Å². The van der Waals surface area contributed by atoms with Gasteiger partial charge in [-0.3, -0.25) is 9.63 Å². The van der Waals surface area contributed by atoms with Crippen LogP contribution in [-0.2, 0) is 14.4 Å². The first kappa shape index (κ1) is 26.4. The maximum atomic E-state index is 13.1. The number of methoxy groups -OCH3 is 1. The van der Waals surface area contributed by atoms with Crippen LogP contribution in [0.15, 0.2) is 0 Å². The monoisotopic (exact) mass is 478 g/mol. The van der Waals surface area contributed by atoms with Crippen molar-refractivity contribution in [2.45, 2.75) is 103 Å². The number of aliphatic hydroxyl groups is 1. The van der Waals surface area contributed by atoms with E-state index < -0.39 is 6.10 Å². The number of rotatable bonds is 9. The Morgan fingerprint density at radius 3 is 2.62 bits per heavy atom. The van der Waals surface area contributed by atoms with E-state index in [1.54, 1.807) is 0 Å². The first-order chi connectivity index (χ1) is 16.6. The molecule has 1 aliphatic heterocycles. The van der Waals surface area contributed by atoms with Crippen molar-refractivity contribution in [3.63, 3.8) is 0 Å². The van der Waals surface area contributed by atoms with Crippen molar-refractivity contribution < 1.29 is 19.5 Å². The molecule has 1 heterocycles.